The summed E-state index contributed by atoms with van der Waals surface area (Å²) >= 11 is 0. The second-order valence-electron chi connectivity index (χ2n) is 4.96. The van der Waals surface area contributed by atoms with E-state index in [1.54, 1.807) is 12.1 Å². The van der Waals surface area contributed by atoms with Gasteiger partial charge in [0, 0.05) is 18.2 Å². The van der Waals surface area contributed by atoms with Crippen LogP contribution >= 0.6 is 0 Å². The molecule has 0 aromatic heterocycles. The number of oxime groups is 1. The van der Waals surface area contributed by atoms with Gasteiger partial charge in [0.1, 0.15) is 11.6 Å². The Morgan fingerprint density at radius 2 is 2.35 bits per heavy atom. The van der Waals surface area contributed by atoms with Crippen LogP contribution in [-0.2, 0) is 6.54 Å². The lowest BCUT2D eigenvalue weighted by atomic mass is 10.00. The minimum atomic E-state index is -0.298. The highest BCUT2D eigenvalue weighted by Crippen LogP contribution is 2.23. The lowest BCUT2D eigenvalue weighted by Gasteiger charge is -2.34. The second kappa shape index (κ2) is 6.56. The molecule has 1 atom stereocenters. The number of nitrogens with zero attached hydrogens (tertiary/aromatic N) is 2. The summed E-state index contributed by atoms with van der Waals surface area (Å²) in [4.78, 5) is 2.05. The highest BCUT2D eigenvalue weighted by atomic mass is 19.1. The molecule has 6 heteroatoms. The Balaban J connectivity index is 2.14. The zero-order chi connectivity index (χ0) is 14.5. The number of ether oxygens (including phenoxy) is 1. The fraction of sp³-hybridized carbons (Fsp3) is 0.500. The van der Waals surface area contributed by atoms with Crippen LogP contribution in [0.25, 0.3) is 0 Å². The predicted octanol–water partition coefficient (Wildman–Crippen LogP) is 1.94. The molecule has 1 aliphatic heterocycles. The Labute approximate surface area is 117 Å². The molecule has 0 radical (unpaired) electrons. The Morgan fingerprint density at radius 3 is 3.00 bits per heavy atom. The molecular formula is C14H20FN3O2. The number of halogens is 1. The van der Waals surface area contributed by atoms with E-state index >= 15 is 0 Å². The molecule has 1 heterocycles. The molecule has 1 aliphatic rings. The molecule has 1 saturated heterocycles. The third kappa shape index (κ3) is 3.19. The molecule has 1 fully saturated rings. The lowest BCUT2D eigenvalue weighted by Crippen LogP contribution is -2.47. The number of rotatable bonds is 4. The maximum absolute atomic E-state index is 14.0. The Bertz CT molecular complexity index is 493. The van der Waals surface area contributed by atoms with Crippen LogP contribution in [0.3, 0.4) is 0 Å². The minimum Gasteiger partial charge on any atom is -0.497 e. The van der Waals surface area contributed by atoms with Gasteiger partial charge in [-0.05, 0) is 25.5 Å². The average molecular weight is 281 g/mol. The van der Waals surface area contributed by atoms with Crippen LogP contribution in [0, 0.1) is 5.82 Å². The van der Waals surface area contributed by atoms with E-state index in [9.17, 15) is 4.39 Å². The van der Waals surface area contributed by atoms with Gasteiger partial charge < -0.3 is 15.7 Å². The number of hydrogen-bond acceptors (Lipinski definition) is 4. The molecule has 0 aliphatic carbocycles. The summed E-state index contributed by atoms with van der Waals surface area (Å²) in [6.45, 7) is 1.25. The molecule has 110 valence electrons. The number of hydrogen-bond donors (Lipinski definition) is 2. The van der Waals surface area contributed by atoms with E-state index in [1.165, 1.54) is 13.2 Å². The maximum Gasteiger partial charge on any atom is 0.156 e. The summed E-state index contributed by atoms with van der Waals surface area (Å²) in [5.74, 6) is 0.393. The van der Waals surface area contributed by atoms with Crippen molar-refractivity contribution in [2.45, 2.75) is 31.8 Å². The number of piperidine rings is 1. The quantitative estimate of drug-likeness (QED) is 0.383. The van der Waals surface area contributed by atoms with Gasteiger partial charge in [-0.1, -0.05) is 17.6 Å². The number of likely N-dealkylation sites (tertiary alicyclic amines) is 1. The summed E-state index contributed by atoms with van der Waals surface area (Å²) in [6.07, 6.45) is 2.89. The average Bonchev–Trinajstić information content (AvgIpc) is 2.49. The van der Waals surface area contributed by atoms with Crippen molar-refractivity contribution in [3.8, 4) is 5.75 Å². The Hall–Kier alpha value is -1.82. The number of nitrogens with two attached hydrogens (primary N) is 1. The Morgan fingerprint density at radius 1 is 1.55 bits per heavy atom. The van der Waals surface area contributed by atoms with E-state index < -0.39 is 0 Å². The summed E-state index contributed by atoms with van der Waals surface area (Å²) in [6, 6.07) is 4.69. The topological polar surface area (TPSA) is 71.1 Å². The van der Waals surface area contributed by atoms with E-state index in [0.717, 1.165) is 25.8 Å². The van der Waals surface area contributed by atoms with E-state index in [1.807, 2.05) is 4.90 Å². The van der Waals surface area contributed by atoms with Crippen LogP contribution in [0.5, 0.6) is 5.75 Å². The van der Waals surface area contributed by atoms with Crippen LogP contribution in [0.4, 0.5) is 4.39 Å². The van der Waals surface area contributed by atoms with Crippen molar-refractivity contribution in [3.05, 3.63) is 29.6 Å². The van der Waals surface area contributed by atoms with Crippen LogP contribution in [0.2, 0.25) is 0 Å². The first-order chi connectivity index (χ1) is 9.65. The predicted molar refractivity (Wildman–Crippen MR) is 74.4 cm³/mol. The summed E-state index contributed by atoms with van der Waals surface area (Å²) < 4.78 is 19.0. The minimum absolute atomic E-state index is 0.129. The van der Waals surface area contributed by atoms with E-state index in [-0.39, 0.29) is 17.7 Å². The van der Waals surface area contributed by atoms with Crippen molar-refractivity contribution in [2.24, 2.45) is 10.9 Å². The second-order valence-corrected chi connectivity index (χ2v) is 4.96. The van der Waals surface area contributed by atoms with Gasteiger partial charge in [-0.2, -0.15) is 0 Å². The van der Waals surface area contributed by atoms with Gasteiger partial charge in [0.15, 0.2) is 5.84 Å². The fourth-order valence-electron chi connectivity index (χ4n) is 2.58. The molecule has 1 unspecified atom stereocenters. The fourth-order valence-corrected chi connectivity index (χ4v) is 2.58. The molecule has 3 N–H and O–H groups in total. The van der Waals surface area contributed by atoms with Crippen molar-refractivity contribution in [2.75, 3.05) is 13.7 Å². The highest BCUT2D eigenvalue weighted by Gasteiger charge is 2.26. The van der Waals surface area contributed by atoms with Gasteiger partial charge >= 0.3 is 0 Å². The van der Waals surface area contributed by atoms with Crippen LogP contribution in [0.1, 0.15) is 24.8 Å². The van der Waals surface area contributed by atoms with Crippen molar-refractivity contribution in [3.63, 3.8) is 0 Å². The molecule has 20 heavy (non-hydrogen) atoms. The molecule has 5 nitrogen and oxygen atoms in total. The molecular weight excluding hydrogens is 261 g/mol. The molecule has 0 bridgehead atoms. The largest absolute Gasteiger partial charge is 0.497 e. The van der Waals surface area contributed by atoms with Gasteiger partial charge in [0.25, 0.3) is 0 Å². The number of benzene rings is 1. The van der Waals surface area contributed by atoms with E-state index in [4.69, 9.17) is 15.7 Å². The zero-order valence-electron chi connectivity index (χ0n) is 11.6. The molecule has 0 saturated carbocycles. The number of methoxy groups -OCH3 is 1. The van der Waals surface area contributed by atoms with Crippen molar-refractivity contribution < 1.29 is 14.3 Å². The van der Waals surface area contributed by atoms with Crippen molar-refractivity contribution >= 4 is 5.84 Å². The van der Waals surface area contributed by atoms with Crippen molar-refractivity contribution in [1.82, 2.24) is 4.90 Å². The van der Waals surface area contributed by atoms with Crippen molar-refractivity contribution in [1.29, 1.82) is 0 Å². The first kappa shape index (κ1) is 14.6. The maximum atomic E-state index is 14.0. The monoisotopic (exact) mass is 281 g/mol. The first-order valence-corrected chi connectivity index (χ1v) is 6.69. The standard InChI is InChI=1S/C14H20FN3O2/c1-20-11-6-5-10(12(15)8-11)9-18-7-3-2-4-13(18)14(16)17-19/h5-6,8,13,19H,2-4,7,9H2,1H3,(H2,16,17). The van der Waals surface area contributed by atoms with Crippen LogP contribution in [-0.4, -0.2) is 35.6 Å². The summed E-state index contributed by atoms with van der Waals surface area (Å²) in [5.41, 5.74) is 6.31. The Kier molecular flexibility index (Phi) is 4.79. The zero-order valence-corrected chi connectivity index (χ0v) is 11.6. The summed E-state index contributed by atoms with van der Waals surface area (Å²) in [5, 5.41) is 11.9. The van der Waals surface area contributed by atoms with E-state index in [2.05, 4.69) is 5.16 Å². The molecule has 0 spiro atoms. The molecule has 0 amide bonds. The molecule has 1 aromatic carbocycles. The molecule has 2 rings (SSSR count). The van der Waals surface area contributed by atoms with Gasteiger partial charge in [0.2, 0.25) is 0 Å². The van der Waals surface area contributed by atoms with Crippen LogP contribution < -0.4 is 10.5 Å². The SMILES string of the molecule is COc1ccc(CN2CCCCC2/C(N)=N/O)c(F)c1. The van der Waals surface area contributed by atoms with Gasteiger partial charge in [-0.3, -0.25) is 4.90 Å². The third-order valence-corrected chi connectivity index (χ3v) is 3.70. The highest BCUT2D eigenvalue weighted by molar-refractivity contribution is 5.85. The smallest absolute Gasteiger partial charge is 0.156 e. The lowest BCUT2D eigenvalue weighted by molar-refractivity contribution is 0.176. The van der Waals surface area contributed by atoms with Crippen LogP contribution in [0.15, 0.2) is 23.4 Å². The summed E-state index contributed by atoms with van der Waals surface area (Å²) in [7, 11) is 1.51. The third-order valence-electron chi connectivity index (χ3n) is 3.70. The van der Waals surface area contributed by atoms with Gasteiger partial charge in [0.05, 0.1) is 13.2 Å². The number of amidine groups is 1. The van der Waals surface area contributed by atoms with E-state index in [0.29, 0.717) is 17.9 Å². The first-order valence-electron chi connectivity index (χ1n) is 6.69. The van der Waals surface area contributed by atoms with Gasteiger partial charge in [-0.15, -0.1) is 0 Å². The normalized spacial score (nSPS) is 20.9. The van der Waals surface area contributed by atoms with Gasteiger partial charge in [-0.25, -0.2) is 4.39 Å². The molecule has 1 aromatic rings.